The Bertz CT molecular complexity index is 4080. The Balaban J connectivity index is 1.04. The number of fused-ring (bicyclic) bond motifs is 12. The van der Waals surface area contributed by atoms with Crippen LogP contribution in [0.15, 0.2) is 237 Å². The summed E-state index contributed by atoms with van der Waals surface area (Å²) >= 11 is 0. The first-order valence-electron chi connectivity index (χ1n) is 26.1. The number of aryl methyl sites for hydroxylation is 1. The van der Waals surface area contributed by atoms with Gasteiger partial charge in [0.05, 0.1) is 22.6 Å². The minimum absolute atomic E-state index is 0.191. The normalized spacial score (nSPS) is 19.4. The van der Waals surface area contributed by atoms with Crippen LogP contribution in [-0.2, 0) is 17.9 Å². The van der Waals surface area contributed by atoms with Crippen molar-refractivity contribution in [3.8, 4) is 11.1 Å². The lowest BCUT2D eigenvalue weighted by molar-refractivity contribution is 0.342. The molecule has 14 rings (SSSR count). The number of anilines is 6. The summed E-state index contributed by atoms with van der Waals surface area (Å²) in [5.74, 6) is 1.22. The topological polar surface area (TPSA) is 11.4 Å². The summed E-state index contributed by atoms with van der Waals surface area (Å²) in [6.07, 6.45) is 9.53. The van der Waals surface area contributed by atoms with Crippen molar-refractivity contribution in [3.05, 3.63) is 264 Å². The van der Waals surface area contributed by atoms with Gasteiger partial charge in [0.15, 0.2) is 0 Å². The van der Waals surface area contributed by atoms with Crippen LogP contribution in [0.1, 0.15) is 61.4 Å². The van der Waals surface area contributed by atoms with E-state index in [1.165, 1.54) is 93.7 Å². The summed E-state index contributed by atoms with van der Waals surface area (Å²) in [6.45, 7) is 9.78. The van der Waals surface area contributed by atoms with Crippen molar-refractivity contribution < 1.29 is 0 Å². The number of rotatable bonds is 8. The first kappa shape index (κ1) is 43.4. The predicted octanol–water partition coefficient (Wildman–Crippen LogP) is 18.7. The minimum Gasteiger partial charge on any atom is -0.342 e. The van der Waals surface area contributed by atoms with Crippen molar-refractivity contribution in [1.82, 2.24) is 4.57 Å². The Morgan fingerprint density at radius 1 is 0.493 bits per heavy atom. The van der Waals surface area contributed by atoms with Crippen molar-refractivity contribution in [3.63, 3.8) is 0 Å². The fourth-order valence-electron chi connectivity index (χ4n) is 13.9. The molecule has 1 heterocycles. The summed E-state index contributed by atoms with van der Waals surface area (Å²) in [6, 6.07) is 79.8. The average molecular weight is 940 g/mol. The molecule has 0 fully saturated rings. The number of allylic oxidation sites excluding steroid dienone is 4. The molecule has 0 aliphatic heterocycles. The van der Waals surface area contributed by atoms with E-state index in [-0.39, 0.29) is 5.41 Å². The van der Waals surface area contributed by atoms with E-state index >= 15 is 0 Å². The van der Waals surface area contributed by atoms with Crippen LogP contribution in [0.5, 0.6) is 0 Å². The highest BCUT2D eigenvalue weighted by Gasteiger charge is 2.50. The molecule has 10 aromatic carbocycles. The molecule has 3 heteroatoms. The monoisotopic (exact) mass is 939 g/mol. The van der Waals surface area contributed by atoms with Crippen LogP contribution in [0, 0.1) is 11.8 Å². The van der Waals surface area contributed by atoms with Crippen LogP contribution < -0.4 is 9.80 Å². The lowest BCUT2D eigenvalue weighted by atomic mass is 9.69. The van der Waals surface area contributed by atoms with Gasteiger partial charge in [-0.1, -0.05) is 197 Å². The SMILES string of the molecule is CC(C)C1c2cccc(N(c3ccc4ccccc4c3)c3cc4c(c5ccccc35)-c3ccc(N(c5ccccc5)c5cccc6c7ccccc7n(C)c56)cc3C4(C)c3ccccc3)c2C2(C)C=CC=CC12. The molecular formula is C70H57N3. The zero-order chi connectivity index (χ0) is 49.2. The van der Waals surface area contributed by atoms with Gasteiger partial charge < -0.3 is 14.4 Å². The summed E-state index contributed by atoms with van der Waals surface area (Å²) in [4.78, 5) is 5.11. The molecule has 3 nitrogen and oxygen atoms in total. The lowest BCUT2D eigenvalue weighted by Crippen LogP contribution is -2.30. The Labute approximate surface area is 428 Å². The van der Waals surface area contributed by atoms with E-state index in [2.05, 4.69) is 286 Å². The molecule has 1 aromatic heterocycles. The van der Waals surface area contributed by atoms with Gasteiger partial charge in [0.25, 0.3) is 0 Å². The van der Waals surface area contributed by atoms with E-state index in [1.54, 1.807) is 0 Å². The van der Waals surface area contributed by atoms with Crippen LogP contribution in [-0.4, -0.2) is 4.57 Å². The molecule has 4 unspecified atom stereocenters. The van der Waals surface area contributed by atoms with Crippen LogP contribution in [0.2, 0.25) is 0 Å². The van der Waals surface area contributed by atoms with Gasteiger partial charge in [-0.15, -0.1) is 0 Å². The molecule has 11 aromatic rings. The molecule has 0 amide bonds. The van der Waals surface area contributed by atoms with Crippen LogP contribution in [0.3, 0.4) is 0 Å². The highest BCUT2D eigenvalue weighted by Crippen LogP contribution is 2.62. The zero-order valence-corrected chi connectivity index (χ0v) is 42.1. The van der Waals surface area contributed by atoms with Gasteiger partial charge in [0.2, 0.25) is 0 Å². The Morgan fingerprint density at radius 3 is 1.96 bits per heavy atom. The van der Waals surface area contributed by atoms with Crippen LogP contribution >= 0.6 is 0 Å². The molecule has 0 N–H and O–H groups in total. The predicted molar refractivity (Wildman–Crippen MR) is 309 cm³/mol. The second kappa shape index (κ2) is 16.3. The summed E-state index contributed by atoms with van der Waals surface area (Å²) in [5, 5.41) is 7.46. The molecule has 0 saturated heterocycles. The van der Waals surface area contributed by atoms with Gasteiger partial charge in [0, 0.05) is 56.6 Å². The van der Waals surface area contributed by atoms with E-state index < -0.39 is 5.41 Å². The Morgan fingerprint density at radius 2 is 1.15 bits per heavy atom. The number of nitrogens with zero attached hydrogens (tertiary/aromatic N) is 3. The van der Waals surface area contributed by atoms with Crippen molar-refractivity contribution in [2.24, 2.45) is 18.9 Å². The third kappa shape index (κ3) is 6.24. The van der Waals surface area contributed by atoms with E-state index in [1.807, 2.05) is 0 Å². The summed E-state index contributed by atoms with van der Waals surface area (Å²) in [5.41, 5.74) is 18.0. The average Bonchev–Trinajstić information content (AvgIpc) is 3.99. The number of hydrogen-bond donors (Lipinski definition) is 0. The van der Waals surface area contributed by atoms with Gasteiger partial charge in [-0.3, -0.25) is 0 Å². The second-order valence-corrected chi connectivity index (χ2v) is 21.4. The lowest BCUT2D eigenvalue weighted by Gasteiger charge is -2.37. The largest absolute Gasteiger partial charge is 0.342 e. The number of benzene rings is 10. The first-order valence-corrected chi connectivity index (χ1v) is 26.1. The number of hydrogen-bond acceptors (Lipinski definition) is 2. The fourth-order valence-corrected chi connectivity index (χ4v) is 13.9. The van der Waals surface area contributed by atoms with Crippen molar-refractivity contribution in [2.75, 3.05) is 9.80 Å². The maximum Gasteiger partial charge on any atom is 0.0733 e. The van der Waals surface area contributed by atoms with Crippen LogP contribution in [0.4, 0.5) is 34.1 Å². The quantitative estimate of drug-likeness (QED) is 0.150. The molecule has 0 saturated carbocycles. The number of aromatic nitrogens is 1. The van der Waals surface area contributed by atoms with E-state index in [9.17, 15) is 0 Å². The third-order valence-electron chi connectivity index (χ3n) is 17.3. The maximum absolute atomic E-state index is 2.63. The van der Waals surface area contributed by atoms with Crippen LogP contribution in [0.25, 0.3) is 54.5 Å². The summed E-state index contributed by atoms with van der Waals surface area (Å²) in [7, 11) is 2.21. The molecular weight excluding hydrogens is 883 g/mol. The fraction of sp³-hybridized carbons (Fsp3) is 0.143. The highest BCUT2D eigenvalue weighted by atomic mass is 15.2. The first-order chi connectivity index (χ1) is 35.7. The van der Waals surface area contributed by atoms with E-state index in [0.29, 0.717) is 17.8 Å². The van der Waals surface area contributed by atoms with Gasteiger partial charge in [-0.25, -0.2) is 0 Å². The highest BCUT2D eigenvalue weighted by molar-refractivity contribution is 6.14. The molecule has 0 radical (unpaired) electrons. The molecule has 0 bridgehead atoms. The van der Waals surface area contributed by atoms with Gasteiger partial charge >= 0.3 is 0 Å². The van der Waals surface area contributed by atoms with Gasteiger partial charge in [-0.05, 0) is 140 Å². The molecule has 73 heavy (non-hydrogen) atoms. The smallest absolute Gasteiger partial charge is 0.0733 e. The van der Waals surface area contributed by atoms with E-state index in [0.717, 1.165) is 22.7 Å². The van der Waals surface area contributed by atoms with Gasteiger partial charge in [-0.2, -0.15) is 0 Å². The summed E-state index contributed by atoms with van der Waals surface area (Å²) < 4.78 is 2.37. The zero-order valence-electron chi connectivity index (χ0n) is 42.1. The Hall–Kier alpha value is -8.40. The van der Waals surface area contributed by atoms with Crippen molar-refractivity contribution in [2.45, 2.75) is 44.4 Å². The number of para-hydroxylation sites is 3. The van der Waals surface area contributed by atoms with Crippen molar-refractivity contribution >= 4 is 77.5 Å². The Kier molecular flexibility index (Phi) is 9.70. The van der Waals surface area contributed by atoms with E-state index in [4.69, 9.17) is 0 Å². The standard InChI is InChI=1S/C70H57N3/c1-45(2)65-57-32-21-35-62(67(57)69(3)41-19-18-33-58(65)69)73(50-38-37-46-22-12-13-23-47(46)42-50)64-44-60-66(54-30-15-14-28-52(54)64)56-40-39-51(43-59(56)70(60,4)48-24-8-6-9-25-48)72(49-26-10-7-11-27-49)63-36-20-31-55-53-29-16-17-34-61(53)71(5)68(55)63/h6-45,58,65H,1-5H3. The molecule has 0 spiro atoms. The second-order valence-electron chi connectivity index (χ2n) is 21.4. The maximum atomic E-state index is 2.63. The van der Waals surface area contributed by atoms with Gasteiger partial charge in [0.1, 0.15) is 0 Å². The molecule has 3 aliphatic rings. The molecule has 4 atom stereocenters. The minimum atomic E-state index is -0.529. The van der Waals surface area contributed by atoms with Crippen molar-refractivity contribution in [1.29, 1.82) is 0 Å². The third-order valence-corrected chi connectivity index (χ3v) is 17.3. The molecule has 3 aliphatic carbocycles. The molecule has 352 valence electrons.